The molecule has 0 saturated carbocycles. The van der Waals surface area contributed by atoms with Crippen LogP contribution < -0.4 is 10.3 Å². The Morgan fingerprint density at radius 3 is 2.24 bits per heavy atom. The van der Waals surface area contributed by atoms with Gasteiger partial charge in [0, 0.05) is 6.07 Å². The summed E-state index contributed by atoms with van der Waals surface area (Å²) in [5, 5.41) is 0. The van der Waals surface area contributed by atoms with Crippen LogP contribution in [0.2, 0.25) is 0 Å². The van der Waals surface area contributed by atoms with E-state index in [1.165, 1.54) is 11.9 Å². The fourth-order valence-electron chi connectivity index (χ4n) is 1.38. The Balaban J connectivity index is 3.57. The summed E-state index contributed by atoms with van der Waals surface area (Å²) in [5.74, 6) is -3.52. The van der Waals surface area contributed by atoms with Crippen molar-refractivity contribution >= 4 is 5.97 Å². The minimum atomic E-state index is -5.49. The zero-order chi connectivity index (χ0) is 16.4. The van der Waals surface area contributed by atoms with Crippen molar-refractivity contribution < 1.29 is 40.6 Å². The van der Waals surface area contributed by atoms with Gasteiger partial charge in [-0.3, -0.25) is 9.78 Å². The molecule has 1 N–H and O–H groups in total. The number of ether oxygens (including phenoxy) is 2. The Morgan fingerprint density at radius 2 is 1.81 bits per heavy atom. The number of halogens is 6. The fourth-order valence-corrected chi connectivity index (χ4v) is 1.38. The number of esters is 1. The Bertz CT molecular complexity index is 589. The summed E-state index contributed by atoms with van der Waals surface area (Å²) in [7, 11) is 0. The van der Waals surface area contributed by atoms with Crippen LogP contribution in [0.25, 0.3) is 0 Å². The molecule has 1 aromatic heterocycles. The van der Waals surface area contributed by atoms with Gasteiger partial charge in [-0.25, -0.2) is 4.79 Å². The number of aromatic nitrogens is 1. The number of carbonyl (C=O) groups excluding carboxylic acids is 1. The van der Waals surface area contributed by atoms with Crippen LogP contribution in [0.1, 0.15) is 22.8 Å². The lowest BCUT2D eigenvalue weighted by atomic mass is 10.1. The van der Waals surface area contributed by atoms with Gasteiger partial charge >= 0.3 is 18.5 Å². The highest BCUT2D eigenvalue weighted by Crippen LogP contribution is 2.38. The molecule has 0 aromatic carbocycles. The summed E-state index contributed by atoms with van der Waals surface area (Å²) in [6, 6.07) is 0.185. The second kappa shape index (κ2) is 5.66. The highest BCUT2D eigenvalue weighted by Gasteiger charge is 2.44. The number of hydrogen-bond donors (Lipinski definition) is 1. The number of H-pyrrole nitrogens is 1. The Hall–Kier alpha value is -2.20. The molecular formula is C10H7F6NO4. The van der Waals surface area contributed by atoms with Crippen molar-refractivity contribution in [1.29, 1.82) is 0 Å². The Labute approximate surface area is 112 Å². The number of alkyl halides is 6. The van der Waals surface area contributed by atoms with Gasteiger partial charge in [0.05, 0.1) is 12.2 Å². The second-order valence-electron chi connectivity index (χ2n) is 3.52. The van der Waals surface area contributed by atoms with E-state index in [0.29, 0.717) is 0 Å². The molecule has 0 amide bonds. The van der Waals surface area contributed by atoms with Crippen LogP contribution in [0.3, 0.4) is 0 Å². The van der Waals surface area contributed by atoms with E-state index in [9.17, 15) is 35.9 Å². The fraction of sp³-hybridized carbons (Fsp3) is 0.400. The van der Waals surface area contributed by atoms with Crippen molar-refractivity contribution in [3.8, 4) is 5.88 Å². The molecule has 0 aliphatic heterocycles. The molecule has 1 rings (SSSR count). The predicted octanol–water partition coefficient (Wildman–Crippen LogP) is 2.47. The van der Waals surface area contributed by atoms with Crippen molar-refractivity contribution in [2.24, 2.45) is 0 Å². The molecule has 21 heavy (non-hydrogen) atoms. The highest BCUT2D eigenvalue weighted by molar-refractivity contribution is 5.91. The summed E-state index contributed by atoms with van der Waals surface area (Å²) in [6.07, 6.45) is -10.9. The van der Waals surface area contributed by atoms with Crippen LogP contribution in [-0.2, 0) is 10.9 Å². The average molecular weight is 319 g/mol. The van der Waals surface area contributed by atoms with E-state index in [1.54, 1.807) is 0 Å². The molecule has 0 unspecified atom stereocenters. The first-order chi connectivity index (χ1) is 9.45. The van der Waals surface area contributed by atoms with Gasteiger partial charge in [-0.15, -0.1) is 13.2 Å². The van der Waals surface area contributed by atoms with E-state index < -0.39 is 41.1 Å². The standard InChI is InChI=1S/C10H7F6NO4/c1-2-20-8(19)4-3-5(18)17-7(21-10(14,15)16)6(4)9(11,12)13/h3H,2H2,1H3,(H,17,18). The highest BCUT2D eigenvalue weighted by atomic mass is 19.4. The quantitative estimate of drug-likeness (QED) is 0.686. The molecular weight excluding hydrogens is 312 g/mol. The van der Waals surface area contributed by atoms with Crippen LogP contribution >= 0.6 is 0 Å². The van der Waals surface area contributed by atoms with E-state index in [2.05, 4.69) is 9.47 Å². The van der Waals surface area contributed by atoms with Gasteiger partial charge < -0.3 is 9.47 Å². The summed E-state index contributed by atoms with van der Waals surface area (Å²) < 4.78 is 82.2. The van der Waals surface area contributed by atoms with Gasteiger partial charge in [-0.2, -0.15) is 13.2 Å². The topological polar surface area (TPSA) is 68.4 Å². The monoisotopic (exact) mass is 319 g/mol. The van der Waals surface area contributed by atoms with Gasteiger partial charge in [0.2, 0.25) is 5.88 Å². The van der Waals surface area contributed by atoms with Gasteiger partial charge in [0.25, 0.3) is 5.56 Å². The lowest BCUT2D eigenvalue weighted by Crippen LogP contribution is -2.26. The minimum Gasteiger partial charge on any atom is -0.462 e. The SMILES string of the molecule is CCOC(=O)c1cc(=O)[nH]c(OC(F)(F)F)c1C(F)(F)F. The number of rotatable bonds is 3. The minimum absolute atomic E-state index is 0.185. The van der Waals surface area contributed by atoms with E-state index >= 15 is 0 Å². The zero-order valence-corrected chi connectivity index (χ0v) is 10.2. The molecule has 0 bridgehead atoms. The van der Waals surface area contributed by atoms with Crippen LogP contribution in [0.4, 0.5) is 26.3 Å². The normalized spacial score (nSPS) is 12.1. The summed E-state index contributed by atoms with van der Waals surface area (Å²) in [4.78, 5) is 23.7. The van der Waals surface area contributed by atoms with Crippen molar-refractivity contribution in [3.05, 3.63) is 27.5 Å². The van der Waals surface area contributed by atoms with Crippen molar-refractivity contribution in [1.82, 2.24) is 4.98 Å². The van der Waals surface area contributed by atoms with Crippen molar-refractivity contribution in [2.75, 3.05) is 6.61 Å². The third-order valence-corrected chi connectivity index (χ3v) is 2.01. The van der Waals surface area contributed by atoms with E-state index in [1.807, 2.05) is 0 Å². The molecule has 11 heteroatoms. The summed E-state index contributed by atoms with van der Waals surface area (Å²) in [5.41, 5.74) is -4.82. The predicted molar refractivity (Wildman–Crippen MR) is 54.7 cm³/mol. The lowest BCUT2D eigenvalue weighted by molar-refractivity contribution is -0.278. The molecule has 0 fully saturated rings. The molecule has 0 radical (unpaired) electrons. The molecule has 5 nitrogen and oxygen atoms in total. The summed E-state index contributed by atoms with van der Waals surface area (Å²) >= 11 is 0. The maximum Gasteiger partial charge on any atom is 0.574 e. The van der Waals surface area contributed by atoms with Gasteiger partial charge in [0.15, 0.2) is 0 Å². The van der Waals surface area contributed by atoms with Gasteiger partial charge in [-0.1, -0.05) is 0 Å². The maximum absolute atomic E-state index is 12.8. The van der Waals surface area contributed by atoms with Crippen LogP contribution in [-0.4, -0.2) is 23.9 Å². The zero-order valence-electron chi connectivity index (χ0n) is 10.2. The Morgan fingerprint density at radius 1 is 1.24 bits per heavy atom. The number of carbonyl (C=O) groups is 1. The molecule has 0 aliphatic carbocycles. The smallest absolute Gasteiger partial charge is 0.462 e. The molecule has 1 aromatic rings. The van der Waals surface area contributed by atoms with Gasteiger partial charge in [-0.05, 0) is 6.92 Å². The number of nitrogens with one attached hydrogen (secondary N) is 1. The third kappa shape index (κ3) is 4.39. The first-order valence-electron chi connectivity index (χ1n) is 5.23. The van der Waals surface area contributed by atoms with E-state index in [0.717, 1.165) is 0 Å². The molecule has 0 aliphatic rings. The first kappa shape index (κ1) is 16.9. The largest absolute Gasteiger partial charge is 0.574 e. The maximum atomic E-state index is 12.8. The van der Waals surface area contributed by atoms with E-state index in [-0.39, 0.29) is 12.7 Å². The number of hydrogen-bond acceptors (Lipinski definition) is 4. The molecule has 0 atom stereocenters. The van der Waals surface area contributed by atoms with Gasteiger partial charge in [0.1, 0.15) is 5.56 Å². The molecule has 1 heterocycles. The van der Waals surface area contributed by atoms with Crippen molar-refractivity contribution in [3.63, 3.8) is 0 Å². The Kier molecular flexibility index (Phi) is 4.54. The van der Waals surface area contributed by atoms with E-state index in [4.69, 9.17) is 0 Å². The average Bonchev–Trinajstić information content (AvgIpc) is 2.23. The molecule has 0 saturated heterocycles. The van der Waals surface area contributed by atoms with Crippen molar-refractivity contribution in [2.45, 2.75) is 19.5 Å². The third-order valence-electron chi connectivity index (χ3n) is 2.01. The van der Waals surface area contributed by atoms with Crippen LogP contribution in [0.15, 0.2) is 10.9 Å². The number of pyridine rings is 1. The van der Waals surface area contributed by atoms with Crippen LogP contribution in [0.5, 0.6) is 5.88 Å². The van der Waals surface area contributed by atoms with Crippen LogP contribution in [0, 0.1) is 0 Å². The molecule has 118 valence electrons. The first-order valence-corrected chi connectivity index (χ1v) is 5.23. The lowest BCUT2D eigenvalue weighted by Gasteiger charge is -2.17. The second-order valence-corrected chi connectivity index (χ2v) is 3.52. The summed E-state index contributed by atoms with van der Waals surface area (Å²) in [6.45, 7) is 0.934. The number of aromatic amines is 1. The molecule has 0 spiro atoms.